The van der Waals surface area contributed by atoms with Crippen LogP contribution in [-0.4, -0.2) is 18.5 Å². The lowest BCUT2D eigenvalue weighted by Crippen LogP contribution is -2.07. The van der Waals surface area contributed by atoms with Crippen LogP contribution in [-0.2, 0) is 0 Å². The monoisotopic (exact) mass is 221 g/mol. The third kappa shape index (κ3) is 2.24. The highest BCUT2D eigenvalue weighted by Crippen LogP contribution is 2.34. The average Bonchev–Trinajstić information content (AvgIpc) is 3.09. The molecule has 0 aromatic heterocycles. The summed E-state index contributed by atoms with van der Waals surface area (Å²) in [4.78, 5) is 10.6. The van der Waals surface area contributed by atoms with Gasteiger partial charge in [-0.1, -0.05) is 6.07 Å². The van der Waals surface area contributed by atoms with Gasteiger partial charge in [0.15, 0.2) is 0 Å². The van der Waals surface area contributed by atoms with Crippen molar-refractivity contribution < 1.29 is 4.92 Å². The number of nitrogens with one attached hydrogen (secondary N) is 2. The van der Waals surface area contributed by atoms with Gasteiger partial charge in [0.05, 0.1) is 4.92 Å². The Labute approximate surface area is 94.0 Å². The standard InChI is InChI=1S/C11H15N3O2/c1-12-9-3-2-4-10(11(9)14(15)16)13-7-8-5-6-8/h2-4,8,12-13H,5-7H2,1H3. The van der Waals surface area contributed by atoms with Gasteiger partial charge in [-0.15, -0.1) is 0 Å². The summed E-state index contributed by atoms with van der Waals surface area (Å²) in [5.41, 5.74) is 1.28. The van der Waals surface area contributed by atoms with Gasteiger partial charge in [-0.2, -0.15) is 0 Å². The number of nitrogens with zero attached hydrogens (tertiary/aromatic N) is 1. The second kappa shape index (κ2) is 4.38. The van der Waals surface area contributed by atoms with Gasteiger partial charge in [0, 0.05) is 13.6 Å². The van der Waals surface area contributed by atoms with Crippen molar-refractivity contribution in [2.24, 2.45) is 5.92 Å². The van der Waals surface area contributed by atoms with E-state index in [4.69, 9.17) is 0 Å². The van der Waals surface area contributed by atoms with Gasteiger partial charge in [0.1, 0.15) is 11.4 Å². The third-order valence-corrected chi connectivity index (χ3v) is 2.77. The molecule has 0 radical (unpaired) electrons. The second-order valence-electron chi connectivity index (χ2n) is 4.03. The van der Waals surface area contributed by atoms with E-state index in [0.29, 0.717) is 17.3 Å². The molecule has 0 amide bonds. The summed E-state index contributed by atoms with van der Waals surface area (Å²) in [7, 11) is 1.69. The van der Waals surface area contributed by atoms with Crippen LogP contribution >= 0.6 is 0 Å². The number of anilines is 2. The summed E-state index contributed by atoms with van der Waals surface area (Å²) in [6.07, 6.45) is 2.46. The number of hydrogen-bond donors (Lipinski definition) is 2. The quantitative estimate of drug-likeness (QED) is 0.592. The van der Waals surface area contributed by atoms with Crippen molar-refractivity contribution in [1.29, 1.82) is 0 Å². The summed E-state index contributed by atoms with van der Waals surface area (Å²) < 4.78 is 0. The Balaban J connectivity index is 2.22. The highest BCUT2D eigenvalue weighted by Gasteiger charge is 2.23. The molecule has 0 saturated heterocycles. The number of nitro benzene ring substituents is 1. The van der Waals surface area contributed by atoms with Crippen molar-refractivity contribution in [3.05, 3.63) is 28.3 Å². The Morgan fingerprint density at radius 2 is 2.12 bits per heavy atom. The van der Waals surface area contributed by atoms with Gasteiger partial charge >= 0.3 is 5.69 Å². The number of para-hydroxylation sites is 1. The van der Waals surface area contributed by atoms with E-state index >= 15 is 0 Å². The maximum absolute atomic E-state index is 11.0. The molecule has 1 aromatic carbocycles. The number of rotatable bonds is 5. The van der Waals surface area contributed by atoms with E-state index in [1.165, 1.54) is 12.8 Å². The van der Waals surface area contributed by atoms with E-state index in [0.717, 1.165) is 6.54 Å². The molecule has 1 aliphatic rings. The molecule has 86 valence electrons. The average molecular weight is 221 g/mol. The summed E-state index contributed by atoms with van der Waals surface area (Å²) in [6.45, 7) is 0.827. The third-order valence-electron chi connectivity index (χ3n) is 2.77. The molecule has 2 N–H and O–H groups in total. The molecule has 0 bridgehead atoms. The van der Waals surface area contributed by atoms with E-state index in [9.17, 15) is 10.1 Å². The molecule has 2 rings (SSSR count). The Kier molecular flexibility index (Phi) is 2.94. The second-order valence-corrected chi connectivity index (χ2v) is 4.03. The molecular formula is C11H15N3O2. The van der Waals surface area contributed by atoms with E-state index in [-0.39, 0.29) is 10.6 Å². The van der Waals surface area contributed by atoms with Gasteiger partial charge < -0.3 is 10.6 Å². The SMILES string of the molecule is CNc1cccc(NCC2CC2)c1[N+](=O)[O-]. The Bertz CT molecular complexity index is 402. The van der Waals surface area contributed by atoms with Gasteiger partial charge in [0.2, 0.25) is 0 Å². The van der Waals surface area contributed by atoms with Crippen LogP contribution in [0.4, 0.5) is 17.1 Å². The van der Waals surface area contributed by atoms with E-state index in [1.807, 2.05) is 6.07 Å². The maximum atomic E-state index is 11.0. The molecule has 0 spiro atoms. The normalized spacial score (nSPS) is 14.6. The zero-order chi connectivity index (χ0) is 11.5. The van der Waals surface area contributed by atoms with Crippen molar-refractivity contribution in [3.63, 3.8) is 0 Å². The highest BCUT2D eigenvalue weighted by atomic mass is 16.6. The first-order valence-electron chi connectivity index (χ1n) is 5.41. The van der Waals surface area contributed by atoms with Crippen molar-refractivity contribution >= 4 is 17.1 Å². The molecule has 0 aliphatic heterocycles. The molecule has 16 heavy (non-hydrogen) atoms. The summed E-state index contributed by atoms with van der Waals surface area (Å²) in [5, 5.41) is 17.0. The lowest BCUT2D eigenvalue weighted by atomic mass is 10.2. The Morgan fingerprint density at radius 1 is 1.44 bits per heavy atom. The van der Waals surface area contributed by atoms with E-state index in [1.54, 1.807) is 19.2 Å². The minimum atomic E-state index is -0.346. The van der Waals surface area contributed by atoms with Crippen LogP contribution in [0.1, 0.15) is 12.8 Å². The van der Waals surface area contributed by atoms with Crippen molar-refractivity contribution in [3.8, 4) is 0 Å². The molecular weight excluding hydrogens is 206 g/mol. The van der Waals surface area contributed by atoms with Crippen LogP contribution in [0.25, 0.3) is 0 Å². The van der Waals surface area contributed by atoms with Crippen molar-refractivity contribution in [2.75, 3.05) is 24.2 Å². The fraction of sp³-hybridized carbons (Fsp3) is 0.455. The summed E-state index contributed by atoms with van der Waals surface area (Å²) in [5.74, 6) is 0.692. The first-order chi connectivity index (χ1) is 7.72. The van der Waals surface area contributed by atoms with Gasteiger partial charge in [-0.25, -0.2) is 0 Å². The summed E-state index contributed by atoms with van der Waals surface area (Å²) >= 11 is 0. The zero-order valence-electron chi connectivity index (χ0n) is 9.19. The van der Waals surface area contributed by atoms with Crippen LogP contribution < -0.4 is 10.6 Å². The minimum absolute atomic E-state index is 0.130. The first kappa shape index (κ1) is 10.7. The molecule has 0 atom stereocenters. The number of nitro groups is 1. The van der Waals surface area contributed by atoms with E-state index < -0.39 is 0 Å². The highest BCUT2D eigenvalue weighted by molar-refractivity contribution is 5.76. The lowest BCUT2D eigenvalue weighted by molar-refractivity contribution is -0.383. The number of hydrogen-bond acceptors (Lipinski definition) is 4. The first-order valence-corrected chi connectivity index (χ1v) is 5.41. The van der Waals surface area contributed by atoms with Crippen molar-refractivity contribution in [2.45, 2.75) is 12.8 Å². The maximum Gasteiger partial charge on any atom is 0.315 e. The van der Waals surface area contributed by atoms with Crippen LogP contribution in [0.15, 0.2) is 18.2 Å². The van der Waals surface area contributed by atoms with Gasteiger partial charge in [-0.3, -0.25) is 10.1 Å². The smallest absolute Gasteiger partial charge is 0.315 e. The van der Waals surface area contributed by atoms with Crippen LogP contribution in [0.5, 0.6) is 0 Å². The van der Waals surface area contributed by atoms with Gasteiger partial charge in [-0.05, 0) is 30.9 Å². The van der Waals surface area contributed by atoms with Crippen molar-refractivity contribution in [1.82, 2.24) is 0 Å². The number of benzene rings is 1. The fourth-order valence-electron chi connectivity index (χ4n) is 1.66. The Morgan fingerprint density at radius 3 is 2.69 bits per heavy atom. The van der Waals surface area contributed by atoms with Crippen LogP contribution in [0, 0.1) is 16.0 Å². The molecule has 1 aromatic rings. The van der Waals surface area contributed by atoms with Crippen LogP contribution in [0.2, 0.25) is 0 Å². The van der Waals surface area contributed by atoms with Gasteiger partial charge in [0.25, 0.3) is 0 Å². The zero-order valence-corrected chi connectivity index (χ0v) is 9.19. The Hall–Kier alpha value is -1.78. The predicted octanol–water partition coefficient (Wildman–Crippen LogP) is 2.46. The largest absolute Gasteiger partial charge is 0.382 e. The fourth-order valence-corrected chi connectivity index (χ4v) is 1.66. The molecule has 1 fully saturated rings. The minimum Gasteiger partial charge on any atom is -0.382 e. The summed E-state index contributed by atoms with van der Waals surface area (Å²) in [6, 6.07) is 5.27. The predicted molar refractivity (Wildman–Crippen MR) is 63.9 cm³/mol. The molecule has 5 nitrogen and oxygen atoms in total. The molecule has 0 unspecified atom stereocenters. The van der Waals surface area contributed by atoms with Crippen LogP contribution in [0.3, 0.4) is 0 Å². The van der Waals surface area contributed by atoms with E-state index in [2.05, 4.69) is 10.6 Å². The topological polar surface area (TPSA) is 67.2 Å². The molecule has 1 aliphatic carbocycles. The lowest BCUT2D eigenvalue weighted by Gasteiger charge is -2.09. The molecule has 5 heteroatoms. The molecule has 1 saturated carbocycles. The molecule has 0 heterocycles.